The van der Waals surface area contributed by atoms with Gasteiger partial charge in [0.15, 0.2) is 7.60 Å². The third-order valence-electron chi connectivity index (χ3n) is 0.671. The van der Waals surface area contributed by atoms with Crippen molar-refractivity contribution in [2.75, 3.05) is 0 Å². The van der Waals surface area contributed by atoms with Crippen LogP contribution in [0.1, 0.15) is 13.8 Å². The molecule has 2 N–H and O–H groups in total. The Morgan fingerprint density at radius 2 is 1.91 bits per heavy atom. The molecular weight excluding hydrogens is 194 g/mol. The molecule has 11 heavy (non-hydrogen) atoms. The average Bonchev–Trinajstić information content (AvgIpc) is 1.57. The van der Waals surface area contributed by atoms with Crippen molar-refractivity contribution in [1.29, 1.82) is 0 Å². The van der Waals surface area contributed by atoms with Gasteiger partial charge < -0.3 is 19.5 Å². The van der Waals surface area contributed by atoms with Gasteiger partial charge in [0.1, 0.15) is 0 Å². The fourth-order valence-corrected chi connectivity index (χ4v) is 0.830. The van der Waals surface area contributed by atoms with Gasteiger partial charge in [-0.1, -0.05) is 0 Å². The van der Waals surface area contributed by atoms with E-state index >= 15 is 0 Å². The van der Waals surface area contributed by atoms with Gasteiger partial charge in [0.05, 0.1) is 5.60 Å². The fourth-order valence-electron chi connectivity index (χ4n) is 0.277. The van der Waals surface area contributed by atoms with E-state index in [1.54, 1.807) is 0 Å². The quantitative estimate of drug-likeness (QED) is 0.367. The zero-order valence-corrected chi connectivity index (χ0v) is 10.8. The Balaban J connectivity index is 0. The van der Waals surface area contributed by atoms with Gasteiger partial charge in [-0.2, -0.15) is 0 Å². The van der Waals surface area contributed by atoms with Crippen molar-refractivity contribution in [3.63, 3.8) is 0 Å². The van der Waals surface area contributed by atoms with Gasteiger partial charge in [-0.25, -0.2) is 0 Å². The molecule has 0 aromatic rings. The van der Waals surface area contributed by atoms with E-state index in [4.69, 9.17) is 10.00 Å². The van der Waals surface area contributed by atoms with Crippen LogP contribution in [0.5, 0.6) is 0 Å². The first kappa shape index (κ1) is 15.0. The molecule has 4 nitrogen and oxygen atoms in total. The molecule has 0 radical (unpaired) electrons. The van der Waals surface area contributed by atoms with Crippen molar-refractivity contribution < 1.29 is 70.8 Å². The SMILES string of the molecule is CC(C)(O)/C=C\P(=O)([O-])O.[K+]. The van der Waals surface area contributed by atoms with Crippen LogP contribution in [0.15, 0.2) is 11.9 Å². The third kappa shape index (κ3) is 14.4. The second-order valence-corrected chi connectivity index (χ2v) is 3.96. The summed E-state index contributed by atoms with van der Waals surface area (Å²) in [5.41, 5.74) is -1.21. The summed E-state index contributed by atoms with van der Waals surface area (Å²) in [5, 5.41) is 8.92. The summed E-state index contributed by atoms with van der Waals surface area (Å²) in [7, 11) is -4.35. The second kappa shape index (κ2) is 5.27. The first-order valence-electron chi connectivity index (χ1n) is 2.67. The fraction of sp³-hybridized carbons (Fsp3) is 0.600. The van der Waals surface area contributed by atoms with Crippen molar-refractivity contribution in [1.82, 2.24) is 0 Å². The maximum atomic E-state index is 10.1. The second-order valence-electron chi connectivity index (χ2n) is 2.53. The van der Waals surface area contributed by atoms with Crippen LogP contribution in [0, 0.1) is 0 Å². The number of rotatable bonds is 2. The molecule has 0 aliphatic rings. The van der Waals surface area contributed by atoms with Crippen LogP contribution in [0.3, 0.4) is 0 Å². The Bertz CT molecular complexity index is 177. The Labute approximate surface area is 108 Å². The predicted molar refractivity (Wildman–Crippen MR) is 35.3 cm³/mol. The van der Waals surface area contributed by atoms with Crippen LogP contribution in [-0.4, -0.2) is 15.6 Å². The molecule has 0 aromatic heterocycles. The molecule has 0 bridgehead atoms. The van der Waals surface area contributed by atoms with Crippen molar-refractivity contribution in [3.8, 4) is 0 Å². The molecule has 0 saturated carbocycles. The topological polar surface area (TPSA) is 80.6 Å². The maximum Gasteiger partial charge on any atom is 1.00 e. The van der Waals surface area contributed by atoms with E-state index in [0.717, 1.165) is 6.08 Å². The minimum atomic E-state index is -4.35. The summed E-state index contributed by atoms with van der Waals surface area (Å²) >= 11 is 0. The van der Waals surface area contributed by atoms with Crippen LogP contribution in [0.2, 0.25) is 0 Å². The summed E-state index contributed by atoms with van der Waals surface area (Å²) in [6, 6.07) is 0. The molecule has 0 heterocycles. The molecule has 60 valence electrons. The summed E-state index contributed by atoms with van der Waals surface area (Å²) in [6.07, 6.45) is 1.00. The van der Waals surface area contributed by atoms with E-state index < -0.39 is 13.2 Å². The smallest absolute Gasteiger partial charge is 0.776 e. The normalized spacial score (nSPS) is 17.5. The van der Waals surface area contributed by atoms with E-state index in [0.29, 0.717) is 5.82 Å². The standard InChI is InChI=1S/C5H11O4P.K/c1-5(2,6)3-4-10(7,8)9;/h3-4,6H,1-2H3,(H2,7,8,9);/q;+1/p-1/b4-3-;. The van der Waals surface area contributed by atoms with Crippen LogP contribution in [0.25, 0.3) is 0 Å². The minimum absolute atomic E-state index is 0. The van der Waals surface area contributed by atoms with E-state index in [-0.39, 0.29) is 51.4 Å². The van der Waals surface area contributed by atoms with Crippen LogP contribution in [-0.2, 0) is 4.57 Å². The predicted octanol–water partition coefficient (Wildman–Crippen LogP) is -3.18. The summed E-state index contributed by atoms with van der Waals surface area (Å²) in [5.74, 6) is 0.576. The molecule has 0 aliphatic carbocycles. The molecule has 1 atom stereocenters. The van der Waals surface area contributed by atoms with Crippen molar-refractivity contribution in [3.05, 3.63) is 11.9 Å². The first-order valence-corrected chi connectivity index (χ1v) is 4.32. The zero-order valence-electron chi connectivity index (χ0n) is 6.81. The molecule has 0 saturated heterocycles. The Morgan fingerprint density at radius 1 is 1.55 bits per heavy atom. The van der Waals surface area contributed by atoms with E-state index in [2.05, 4.69) is 0 Å². The van der Waals surface area contributed by atoms with Crippen molar-refractivity contribution in [2.24, 2.45) is 0 Å². The van der Waals surface area contributed by atoms with E-state index in [1.807, 2.05) is 0 Å². The van der Waals surface area contributed by atoms with Gasteiger partial charge in [0.2, 0.25) is 0 Å². The van der Waals surface area contributed by atoms with Gasteiger partial charge in [0.25, 0.3) is 0 Å². The largest absolute Gasteiger partial charge is 1.00 e. The van der Waals surface area contributed by atoms with Crippen LogP contribution >= 0.6 is 7.60 Å². The van der Waals surface area contributed by atoms with Gasteiger partial charge in [-0.3, -0.25) is 0 Å². The zero-order chi connectivity index (χ0) is 8.41. The van der Waals surface area contributed by atoms with Gasteiger partial charge in [0, 0.05) is 0 Å². The molecule has 0 aliphatic heterocycles. The van der Waals surface area contributed by atoms with Crippen LogP contribution < -0.4 is 56.3 Å². The molecule has 0 aromatic carbocycles. The molecule has 6 heteroatoms. The molecule has 0 fully saturated rings. The molecular formula is C5H10KO4P. The Morgan fingerprint density at radius 3 is 2.00 bits per heavy atom. The van der Waals surface area contributed by atoms with Gasteiger partial charge in [-0.15, -0.1) is 0 Å². The molecule has 0 spiro atoms. The number of hydrogen-bond acceptors (Lipinski definition) is 3. The van der Waals surface area contributed by atoms with E-state index in [9.17, 15) is 9.46 Å². The summed E-state index contributed by atoms with van der Waals surface area (Å²) in [4.78, 5) is 18.2. The molecule has 0 amide bonds. The monoisotopic (exact) mass is 204 g/mol. The van der Waals surface area contributed by atoms with Gasteiger partial charge in [-0.05, 0) is 25.7 Å². The summed E-state index contributed by atoms with van der Waals surface area (Å²) < 4.78 is 10.1. The van der Waals surface area contributed by atoms with E-state index in [1.165, 1.54) is 13.8 Å². The molecule has 1 unspecified atom stereocenters. The Hall–Kier alpha value is 1.49. The number of aliphatic hydroxyl groups is 1. The van der Waals surface area contributed by atoms with Crippen LogP contribution in [0.4, 0.5) is 0 Å². The Kier molecular flexibility index (Phi) is 7.17. The maximum absolute atomic E-state index is 10.1. The third-order valence-corrected chi connectivity index (χ3v) is 1.20. The minimum Gasteiger partial charge on any atom is -0.776 e. The summed E-state index contributed by atoms with van der Waals surface area (Å²) in [6.45, 7) is 2.80. The van der Waals surface area contributed by atoms with Crippen molar-refractivity contribution >= 4 is 7.60 Å². The first-order chi connectivity index (χ1) is 4.21. The number of hydrogen-bond donors (Lipinski definition) is 2. The average molecular weight is 204 g/mol. The van der Waals surface area contributed by atoms with Crippen molar-refractivity contribution in [2.45, 2.75) is 19.4 Å². The van der Waals surface area contributed by atoms with Gasteiger partial charge >= 0.3 is 51.4 Å². The molecule has 0 rings (SSSR count).